The van der Waals surface area contributed by atoms with E-state index in [-0.39, 0.29) is 0 Å². The van der Waals surface area contributed by atoms with Crippen molar-refractivity contribution in [3.8, 4) is 0 Å². The van der Waals surface area contributed by atoms with Gasteiger partial charge in [0.25, 0.3) is 0 Å². The van der Waals surface area contributed by atoms with Gasteiger partial charge < -0.3 is 0 Å². The number of nitrogens with one attached hydrogen (secondary N) is 1. The van der Waals surface area contributed by atoms with Crippen LogP contribution in [0.25, 0.3) is 0 Å². The second kappa shape index (κ2) is 7.58. The first-order valence-corrected chi connectivity index (χ1v) is 7.90. The maximum atomic E-state index is 5.93. The summed E-state index contributed by atoms with van der Waals surface area (Å²) < 4.78 is 0. The summed E-state index contributed by atoms with van der Waals surface area (Å²) in [4.78, 5) is 1.27. The minimum atomic E-state index is 0.507. The van der Waals surface area contributed by atoms with Gasteiger partial charge in [-0.15, -0.1) is 11.8 Å². The zero-order chi connectivity index (χ0) is 14.4. The molecule has 5 heteroatoms. The van der Waals surface area contributed by atoms with Crippen LogP contribution in [0.3, 0.4) is 0 Å². The minimum Gasteiger partial charge on any atom is -0.278 e. The zero-order valence-corrected chi connectivity index (χ0v) is 13.3. The van der Waals surface area contributed by atoms with Crippen LogP contribution in [-0.4, -0.2) is 12.0 Å². The molecule has 0 atom stereocenters. The molecule has 2 rings (SSSR count). The Morgan fingerprint density at radius 3 is 2.50 bits per heavy atom. The molecule has 0 saturated carbocycles. The van der Waals surface area contributed by atoms with E-state index in [9.17, 15) is 0 Å². The standard InChI is InChI=1S/C15H14Cl2N2S/c1-2-20-13-6-3-11(4-7-13)10-18-19-12-5-8-14(16)15(17)9-12/h3-10,19H,2H2,1H3. The molecular weight excluding hydrogens is 311 g/mol. The summed E-state index contributed by atoms with van der Waals surface area (Å²) in [6.07, 6.45) is 1.77. The lowest BCUT2D eigenvalue weighted by Gasteiger charge is -2.02. The van der Waals surface area contributed by atoms with E-state index in [0.29, 0.717) is 10.0 Å². The van der Waals surface area contributed by atoms with Gasteiger partial charge in [0.15, 0.2) is 0 Å². The molecule has 2 nitrogen and oxygen atoms in total. The molecule has 0 aliphatic rings. The van der Waals surface area contributed by atoms with E-state index >= 15 is 0 Å². The Kier molecular flexibility index (Phi) is 5.77. The Labute approximate surface area is 133 Å². The van der Waals surface area contributed by atoms with Gasteiger partial charge in [0.1, 0.15) is 0 Å². The van der Waals surface area contributed by atoms with Crippen LogP contribution in [0.15, 0.2) is 52.5 Å². The number of nitrogens with zero attached hydrogens (tertiary/aromatic N) is 1. The van der Waals surface area contributed by atoms with Gasteiger partial charge in [0, 0.05) is 4.90 Å². The number of rotatable bonds is 5. The topological polar surface area (TPSA) is 24.4 Å². The summed E-state index contributed by atoms with van der Waals surface area (Å²) in [7, 11) is 0. The predicted molar refractivity (Wildman–Crippen MR) is 90.5 cm³/mol. The summed E-state index contributed by atoms with van der Waals surface area (Å²) in [5.74, 6) is 1.08. The Bertz CT molecular complexity index is 597. The van der Waals surface area contributed by atoms with Gasteiger partial charge in [-0.25, -0.2) is 0 Å². The highest BCUT2D eigenvalue weighted by molar-refractivity contribution is 7.99. The molecule has 0 aliphatic heterocycles. The molecule has 104 valence electrons. The van der Waals surface area contributed by atoms with Crippen molar-refractivity contribution in [3.63, 3.8) is 0 Å². The van der Waals surface area contributed by atoms with Gasteiger partial charge in [0.2, 0.25) is 0 Å². The van der Waals surface area contributed by atoms with E-state index in [1.165, 1.54) is 4.90 Å². The van der Waals surface area contributed by atoms with Crippen molar-refractivity contribution in [3.05, 3.63) is 58.1 Å². The van der Waals surface area contributed by atoms with Gasteiger partial charge in [-0.3, -0.25) is 5.43 Å². The summed E-state index contributed by atoms with van der Waals surface area (Å²) in [6.45, 7) is 2.14. The molecule has 0 aliphatic carbocycles. The normalized spacial score (nSPS) is 10.9. The van der Waals surface area contributed by atoms with Crippen LogP contribution < -0.4 is 5.43 Å². The molecule has 0 amide bonds. The smallest absolute Gasteiger partial charge is 0.0613 e. The molecule has 0 aromatic heterocycles. The highest BCUT2D eigenvalue weighted by atomic mass is 35.5. The molecule has 0 unspecified atom stereocenters. The molecule has 2 aromatic rings. The maximum absolute atomic E-state index is 5.93. The molecular formula is C15H14Cl2N2S. The van der Waals surface area contributed by atoms with Crippen molar-refractivity contribution in [1.82, 2.24) is 0 Å². The number of hydrogen-bond donors (Lipinski definition) is 1. The van der Waals surface area contributed by atoms with Crippen molar-refractivity contribution < 1.29 is 0 Å². The molecule has 0 saturated heterocycles. The van der Waals surface area contributed by atoms with Crippen LogP contribution in [-0.2, 0) is 0 Å². The van der Waals surface area contributed by atoms with Crippen LogP contribution in [0.4, 0.5) is 5.69 Å². The first kappa shape index (κ1) is 15.2. The van der Waals surface area contributed by atoms with Gasteiger partial charge in [-0.05, 0) is 41.6 Å². The third-order valence-electron chi connectivity index (χ3n) is 2.52. The Morgan fingerprint density at radius 1 is 1.10 bits per heavy atom. The second-order valence-corrected chi connectivity index (χ2v) is 6.15. The fraction of sp³-hybridized carbons (Fsp3) is 0.133. The van der Waals surface area contributed by atoms with E-state index < -0.39 is 0 Å². The van der Waals surface area contributed by atoms with Crippen molar-refractivity contribution in [1.29, 1.82) is 0 Å². The molecule has 0 radical (unpaired) electrons. The first-order valence-electron chi connectivity index (χ1n) is 6.16. The Morgan fingerprint density at radius 2 is 1.85 bits per heavy atom. The highest BCUT2D eigenvalue weighted by Crippen LogP contribution is 2.25. The minimum absolute atomic E-state index is 0.507. The number of hydrazone groups is 1. The van der Waals surface area contributed by atoms with Crippen LogP contribution in [0.2, 0.25) is 10.0 Å². The van der Waals surface area contributed by atoms with Gasteiger partial charge in [-0.1, -0.05) is 42.3 Å². The zero-order valence-electron chi connectivity index (χ0n) is 10.9. The van der Waals surface area contributed by atoms with Crippen molar-refractivity contribution in [2.45, 2.75) is 11.8 Å². The van der Waals surface area contributed by atoms with E-state index in [4.69, 9.17) is 23.2 Å². The van der Waals surface area contributed by atoms with E-state index in [1.54, 1.807) is 18.3 Å². The predicted octanol–water partition coefficient (Wildman–Crippen LogP) is 5.55. The van der Waals surface area contributed by atoms with Crippen molar-refractivity contribution in [2.75, 3.05) is 11.2 Å². The molecule has 20 heavy (non-hydrogen) atoms. The third-order valence-corrected chi connectivity index (χ3v) is 4.15. The van der Waals surface area contributed by atoms with Gasteiger partial charge >= 0.3 is 0 Å². The Balaban J connectivity index is 1.97. The quantitative estimate of drug-likeness (QED) is 0.443. The average Bonchev–Trinajstić information content (AvgIpc) is 2.45. The van der Waals surface area contributed by atoms with Gasteiger partial charge in [0.05, 0.1) is 21.9 Å². The molecule has 0 spiro atoms. The lowest BCUT2D eigenvalue weighted by atomic mass is 10.2. The summed E-state index contributed by atoms with van der Waals surface area (Å²) >= 11 is 13.6. The van der Waals surface area contributed by atoms with E-state index in [0.717, 1.165) is 17.0 Å². The number of thioether (sulfide) groups is 1. The highest BCUT2D eigenvalue weighted by Gasteiger charge is 1.97. The third kappa shape index (κ3) is 4.44. The fourth-order valence-electron chi connectivity index (χ4n) is 1.56. The number of halogens is 2. The lowest BCUT2D eigenvalue weighted by molar-refractivity contribution is 1.34. The number of benzene rings is 2. The molecule has 0 fully saturated rings. The SMILES string of the molecule is CCSc1ccc(C=NNc2ccc(Cl)c(Cl)c2)cc1. The summed E-state index contributed by atoms with van der Waals surface area (Å²) in [6, 6.07) is 13.6. The maximum Gasteiger partial charge on any atom is 0.0613 e. The number of hydrogen-bond acceptors (Lipinski definition) is 3. The van der Waals surface area contributed by atoms with Gasteiger partial charge in [-0.2, -0.15) is 5.10 Å². The second-order valence-electron chi connectivity index (χ2n) is 4.00. The van der Waals surface area contributed by atoms with Crippen LogP contribution in [0.1, 0.15) is 12.5 Å². The molecule has 1 N–H and O–H groups in total. The largest absolute Gasteiger partial charge is 0.278 e. The monoisotopic (exact) mass is 324 g/mol. The fourth-order valence-corrected chi connectivity index (χ4v) is 2.52. The Hall–Kier alpha value is -1.16. The van der Waals surface area contributed by atoms with Crippen LogP contribution in [0.5, 0.6) is 0 Å². The van der Waals surface area contributed by atoms with Crippen molar-refractivity contribution >= 4 is 46.9 Å². The van der Waals surface area contributed by atoms with Crippen LogP contribution in [0, 0.1) is 0 Å². The van der Waals surface area contributed by atoms with Crippen molar-refractivity contribution in [2.24, 2.45) is 5.10 Å². The van der Waals surface area contributed by atoms with Crippen LogP contribution >= 0.6 is 35.0 Å². The lowest BCUT2D eigenvalue weighted by Crippen LogP contribution is -1.90. The summed E-state index contributed by atoms with van der Waals surface area (Å²) in [5.41, 5.74) is 4.76. The molecule has 2 aromatic carbocycles. The molecule has 0 bridgehead atoms. The average molecular weight is 325 g/mol. The van der Waals surface area contributed by atoms with E-state index in [1.807, 2.05) is 30.0 Å². The number of anilines is 1. The first-order chi connectivity index (χ1) is 9.69. The summed E-state index contributed by atoms with van der Waals surface area (Å²) in [5, 5.41) is 5.21. The van der Waals surface area contributed by atoms with E-state index in [2.05, 4.69) is 29.6 Å². The molecule has 0 heterocycles.